The Labute approximate surface area is 124 Å². The van der Waals surface area contributed by atoms with Crippen molar-refractivity contribution >= 4 is 26.0 Å². The summed E-state index contributed by atoms with van der Waals surface area (Å²) in [7, 11) is -3.33. The number of sulfonamides is 1. The van der Waals surface area contributed by atoms with Gasteiger partial charge in [-0.3, -0.25) is 0 Å². The first-order valence-electron chi connectivity index (χ1n) is 6.76. The Morgan fingerprint density at radius 2 is 2.00 bits per heavy atom. The highest BCUT2D eigenvalue weighted by molar-refractivity contribution is 9.09. The van der Waals surface area contributed by atoms with Gasteiger partial charge in [0.05, 0.1) is 4.90 Å². The molecule has 0 saturated carbocycles. The Morgan fingerprint density at radius 1 is 1.32 bits per heavy atom. The average molecular weight is 346 g/mol. The van der Waals surface area contributed by atoms with Gasteiger partial charge in [-0.05, 0) is 37.0 Å². The molecule has 1 fully saturated rings. The molecular weight excluding hydrogens is 326 g/mol. The van der Waals surface area contributed by atoms with Gasteiger partial charge >= 0.3 is 0 Å². The summed E-state index contributed by atoms with van der Waals surface area (Å²) in [5, 5.41) is 0.708. The number of halogens is 1. The zero-order valence-electron chi connectivity index (χ0n) is 11.2. The molecule has 1 atom stereocenters. The van der Waals surface area contributed by atoms with Crippen LogP contribution in [0.1, 0.15) is 31.7 Å². The fourth-order valence-electron chi connectivity index (χ4n) is 2.53. The predicted octanol–water partition coefficient (Wildman–Crippen LogP) is 3.19. The third-order valence-electron chi connectivity index (χ3n) is 3.57. The summed E-state index contributed by atoms with van der Waals surface area (Å²) >= 11 is 3.41. The van der Waals surface area contributed by atoms with Crippen LogP contribution in [0.5, 0.6) is 0 Å². The maximum absolute atomic E-state index is 12.6. The molecule has 19 heavy (non-hydrogen) atoms. The molecule has 5 heteroatoms. The predicted molar refractivity (Wildman–Crippen MR) is 81.1 cm³/mol. The number of hydrogen-bond acceptors (Lipinski definition) is 2. The van der Waals surface area contributed by atoms with Crippen molar-refractivity contribution in [1.82, 2.24) is 4.31 Å². The molecular formula is C14H20BrNO2S. The molecule has 0 amide bonds. The molecule has 1 aromatic rings. The molecule has 1 unspecified atom stereocenters. The van der Waals surface area contributed by atoms with E-state index >= 15 is 0 Å². The maximum atomic E-state index is 12.6. The Kier molecular flexibility index (Phi) is 5.03. The van der Waals surface area contributed by atoms with Gasteiger partial charge in [0.1, 0.15) is 0 Å². The van der Waals surface area contributed by atoms with Crippen LogP contribution in [-0.2, 0) is 16.4 Å². The minimum Gasteiger partial charge on any atom is -0.207 e. The third-order valence-corrected chi connectivity index (χ3v) is 6.28. The molecule has 0 spiro atoms. The minimum absolute atomic E-state index is 0.0975. The highest BCUT2D eigenvalue weighted by Crippen LogP contribution is 2.27. The van der Waals surface area contributed by atoms with Crippen molar-refractivity contribution in [3.63, 3.8) is 0 Å². The third kappa shape index (κ3) is 3.20. The van der Waals surface area contributed by atoms with Crippen molar-refractivity contribution in [2.75, 3.05) is 11.9 Å². The van der Waals surface area contributed by atoms with E-state index in [9.17, 15) is 8.42 Å². The standard InChI is InChI=1S/C14H20BrNO2S/c1-2-4-12-6-8-14(9-7-12)19(17,18)16-10-3-5-13(16)11-15/h6-9,13H,2-5,10-11H2,1H3. The van der Waals surface area contributed by atoms with Crippen LogP contribution in [0.3, 0.4) is 0 Å². The summed E-state index contributed by atoms with van der Waals surface area (Å²) in [4.78, 5) is 0.417. The van der Waals surface area contributed by atoms with Gasteiger partial charge in [-0.25, -0.2) is 8.42 Å². The smallest absolute Gasteiger partial charge is 0.207 e. The van der Waals surface area contributed by atoms with Crippen molar-refractivity contribution in [3.8, 4) is 0 Å². The summed E-state index contributed by atoms with van der Waals surface area (Å²) in [6.07, 6.45) is 3.96. The van der Waals surface area contributed by atoms with E-state index < -0.39 is 10.0 Å². The van der Waals surface area contributed by atoms with Crippen LogP contribution in [0.2, 0.25) is 0 Å². The van der Waals surface area contributed by atoms with Gasteiger partial charge in [-0.2, -0.15) is 4.31 Å². The normalized spacial score (nSPS) is 20.8. The molecule has 0 radical (unpaired) electrons. The van der Waals surface area contributed by atoms with Crippen LogP contribution in [-0.4, -0.2) is 30.6 Å². The van der Waals surface area contributed by atoms with Crippen molar-refractivity contribution < 1.29 is 8.42 Å². The quantitative estimate of drug-likeness (QED) is 0.768. The molecule has 0 aliphatic carbocycles. The molecule has 1 heterocycles. The van der Waals surface area contributed by atoms with E-state index in [0.29, 0.717) is 16.8 Å². The van der Waals surface area contributed by atoms with Crippen LogP contribution >= 0.6 is 15.9 Å². The fraction of sp³-hybridized carbons (Fsp3) is 0.571. The molecule has 3 nitrogen and oxygen atoms in total. The first kappa shape index (κ1) is 15.0. The van der Waals surface area contributed by atoms with E-state index in [2.05, 4.69) is 22.9 Å². The topological polar surface area (TPSA) is 37.4 Å². The van der Waals surface area contributed by atoms with E-state index in [1.165, 1.54) is 5.56 Å². The summed E-state index contributed by atoms with van der Waals surface area (Å²) < 4.78 is 26.8. The van der Waals surface area contributed by atoms with Crippen LogP contribution in [0, 0.1) is 0 Å². The molecule has 1 aliphatic heterocycles. The molecule has 106 valence electrons. The van der Waals surface area contributed by atoms with Crippen LogP contribution in [0.4, 0.5) is 0 Å². The second-order valence-electron chi connectivity index (χ2n) is 4.96. The minimum atomic E-state index is -3.33. The second-order valence-corrected chi connectivity index (χ2v) is 7.50. The Balaban J connectivity index is 2.24. The highest BCUT2D eigenvalue weighted by atomic mass is 79.9. The summed E-state index contributed by atoms with van der Waals surface area (Å²) in [5.41, 5.74) is 1.19. The lowest BCUT2D eigenvalue weighted by molar-refractivity contribution is 0.413. The van der Waals surface area contributed by atoms with Gasteiger partial charge in [0.25, 0.3) is 0 Å². The van der Waals surface area contributed by atoms with Gasteiger partial charge in [0, 0.05) is 17.9 Å². The van der Waals surface area contributed by atoms with Gasteiger partial charge in [-0.1, -0.05) is 41.4 Å². The number of benzene rings is 1. The molecule has 0 aromatic heterocycles. The number of nitrogens with zero attached hydrogens (tertiary/aromatic N) is 1. The van der Waals surface area contributed by atoms with Gasteiger partial charge in [0.2, 0.25) is 10.0 Å². The van der Waals surface area contributed by atoms with Gasteiger partial charge in [0.15, 0.2) is 0 Å². The second kappa shape index (κ2) is 6.37. The van der Waals surface area contributed by atoms with E-state index in [4.69, 9.17) is 0 Å². The van der Waals surface area contributed by atoms with Crippen molar-refractivity contribution in [3.05, 3.63) is 29.8 Å². The first-order valence-corrected chi connectivity index (χ1v) is 9.32. The van der Waals surface area contributed by atoms with E-state index in [0.717, 1.165) is 25.7 Å². The summed E-state index contributed by atoms with van der Waals surface area (Å²) in [6, 6.07) is 7.43. The Morgan fingerprint density at radius 3 is 2.58 bits per heavy atom. The SMILES string of the molecule is CCCc1ccc(S(=O)(=O)N2CCCC2CBr)cc1. The summed E-state index contributed by atoms with van der Waals surface area (Å²) in [6.45, 7) is 2.75. The highest BCUT2D eigenvalue weighted by Gasteiger charge is 2.34. The fourth-order valence-corrected chi connectivity index (χ4v) is 5.09. The number of hydrogen-bond donors (Lipinski definition) is 0. The van der Waals surface area contributed by atoms with Crippen molar-refractivity contribution in [2.24, 2.45) is 0 Å². The molecule has 0 N–H and O–H groups in total. The monoisotopic (exact) mass is 345 g/mol. The molecule has 0 bridgehead atoms. The van der Waals surface area contributed by atoms with E-state index in [1.54, 1.807) is 16.4 Å². The average Bonchev–Trinajstić information content (AvgIpc) is 2.89. The van der Waals surface area contributed by atoms with E-state index in [1.807, 2.05) is 12.1 Å². The first-order chi connectivity index (χ1) is 9.09. The number of alkyl halides is 1. The molecule has 1 aromatic carbocycles. The van der Waals surface area contributed by atoms with Gasteiger partial charge < -0.3 is 0 Å². The van der Waals surface area contributed by atoms with Crippen molar-refractivity contribution in [2.45, 2.75) is 43.5 Å². The van der Waals surface area contributed by atoms with Crippen molar-refractivity contribution in [1.29, 1.82) is 0 Å². The van der Waals surface area contributed by atoms with E-state index in [-0.39, 0.29) is 6.04 Å². The maximum Gasteiger partial charge on any atom is 0.243 e. The zero-order chi connectivity index (χ0) is 13.9. The summed E-state index contributed by atoms with van der Waals surface area (Å²) in [5.74, 6) is 0. The lowest BCUT2D eigenvalue weighted by atomic mass is 10.1. The largest absolute Gasteiger partial charge is 0.243 e. The van der Waals surface area contributed by atoms with Crippen LogP contribution < -0.4 is 0 Å². The van der Waals surface area contributed by atoms with Crippen LogP contribution in [0.25, 0.3) is 0 Å². The lowest BCUT2D eigenvalue weighted by Gasteiger charge is -2.22. The molecule has 1 aliphatic rings. The number of rotatable bonds is 5. The van der Waals surface area contributed by atoms with Gasteiger partial charge in [-0.15, -0.1) is 0 Å². The zero-order valence-corrected chi connectivity index (χ0v) is 13.6. The number of aryl methyl sites for hydroxylation is 1. The molecule has 2 rings (SSSR count). The Hall–Kier alpha value is -0.390. The van der Waals surface area contributed by atoms with Crippen LogP contribution in [0.15, 0.2) is 29.2 Å². The molecule has 1 saturated heterocycles. The Bertz CT molecular complexity index is 513. The lowest BCUT2D eigenvalue weighted by Crippen LogP contribution is -2.36.